The molecule has 0 spiro atoms. The quantitative estimate of drug-likeness (QED) is 0.833. The maximum atomic E-state index is 12.5. The number of rotatable bonds is 2. The Morgan fingerprint density at radius 2 is 2.09 bits per heavy atom. The Balaban J connectivity index is 2.00. The number of carbonyl (C=O) groups excluding carboxylic acids is 1. The summed E-state index contributed by atoms with van der Waals surface area (Å²) in [6.45, 7) is 0. The van der Waals surface area contributed by atoms with Crippen LogP contribution < -0.4 is 0 Å². The van der Waals surface area contributed by atoms with E-state index in [0.29, 0.717) is 16.1 Å². The van der Waals surface area contributed by atoms with E-state index in [1.807, 2.05) is 0 Å². The molecule has 0 N–H and O–H groups in total. The predicted molar refractivity (Wildman–Crippen MR) is 80.4 cm³/mol. The highest BCUT2D eigenvalue weighted by molar-refractivity contribution is 7.91. The van der Waals surface area contributed by atoms with Gasteiger partial charge in [0, 0.05) is 12.1 Å². The molecule has 1 aromatic carbocycles. The van der Waals surface area contributed by atoms with Crippen molar-refractivity contribution in [2.45, 2.75) is 10.9 Å². The second kappa shape index (κ2) is 5.33. The van der Waals surface area contributed by atoms with E-state index in [1.54, 1.807) is 13.1 Å². The lowest BCUT2D eigenvalue weighted by Crippen LogP contribution is -2.32. The molecule has 0 aliphatic carbocycles. The average Bonchev–Trinajstić information content (AvgIpc) is 2.77. The Hall–Kier alpha value is -1.99. The summed E-state index contributed by atoms with van der Waals surface area (Å²) < 4.78 is 24.5. The summed E-state index contributed by atoms with van der Waals surface area (Å²) in [4.78, 5) is 14.1. The zero-order valence-corrected chi connectivity index (χ0v) is 13.2. The van der Waals surface area contributed by atoms with Crippen LogP contribution in [0, 0.1) is 0 Å². The minimum atomic E-state index is -3.41. The van der Waals surface area contributed by atoms with Crippen LogP contribution in [0.5, 0.6) is 0 Å². The molecule has 0 saturated heterocycles. The number of aromatic nitrogens is 2. The molecular formula is C14H12ClN3O3S. The lowest BCUT2D eigenvalue weighted by molar-refractivity contribution is 0.0745. The summed E-state index contributed by atoms with van der Waals surface area (Å²) in [5, 5.41) is 7.72. The first-order valence-corrected chi connectivity index (χ1v) is 8.49. The Labute approximate surface area is 132 Å². The molecule has 114 valence electrons. The second-order valence-electron chi connectivity index (χ2n) is 5.03. The maximum Gasteiger partial charge on any atom is 0.255 e. The highest BCUT2D eigenvalue weighted by atomic mass is 35.5. The molecule has 2 aromatic rings. The molecule has 1 atom stereocenters. The van der Waals surface area contributed by atoms with E-state index in [0.717, 1.165) is 0 Å². The minimum Gasteiger partial charge on any atom is -0.334 e. The van der Waals surface area contributed by atoms with E-state index in [2.05, 4.69) is 10.2 Å². The number of amides is 1. The van der Waals surface area contributed by atoms with Gasteiger partial charge in [-0.15, -0.1) is 0 Å². The van der Waals surface area contributed by atoms with E-state index in [9.17, 15) is 13.2 Å². The molecule has 1 aliphatic heterocycles. The topological polar surface area (TPSA) is 80.2 Å². The van der Waals surface area contributed by atoms with Gasteiger partial charge in [0.05, 0.1) is 34.6 Å². The Kier molecular flexibility index (Phi) is 3.62. The third-order valence-corrected chi connectivity index (χ3v) is 5.69. The Bertz CT molecular complexity index is 840. The third kappa shape index (κ3) is 2.46. The van der Waals surface area contributed by atoms with Crippen LogP contribution in [0.25, 0.3) is 0 Å². The molecule has 2 heterocycles. The van der Waals surface area contributed by atoms with Gasteiger partial charge >= 0.3 is 0 Å². The van der Waals surface area contributed by atoms with Crippen molar-refractivity contribution >= 4 is 27.3 Å². The lowest BCUT2D eigenvalue weighted by Gasteiger charge is -2.24. The van der Waals surface area contributed by atoms with Crippen LogP contribution in [0.4, 0.5) is 0 Å². The predicted octanol–water partition coefficient (Wildman–Crippen LogP) is 1.73. The van der Waals surface area contributed by atoms with Crippen LogP contribution in [0.15, 0.2) is 41.6 Å². The summed E-state index contributed by atoms with van der Waals surface area (Å²) in [6.07, 6.45) is 2.76. The Morgan fingerprint density at radius 3 is 2.77 bits per heavy atom. The van der Waals surface area contributed by atoms with Crippen LogP contribution in [0.3, 0.4) is 0 Å². The zero-order valence-electron chi connectivity index (χ0n) is 11.6. The summed E-state index contributed by atoms with van der Waals surface area (Å²) in [6, 6.07) is 5.59. The number of benzene rings is 1. The first kappa shape index (κ1) is 14.9. The fraction of sp³-hybridized carbons (Fsp3) is 0.214. The third-order valence-electron chi connectivity index (χ3n) is 3.66. The normalized spacial score (nSPS) is 18.7. The molecule has 8 heteroatoms. The summed E-state index contributed by atoms with van der Waals surface area (Å²) in [5.74, 6) is -0.466. The van der Waals surface area contributed by atoms with Gasteiger partial charge in [0.1, 0.15) is 0 Å². The molecule has 6 nitrogen and oxygen atoms in total. The number of sulfone groups is 1. The SMILES string of the molecule is CN(C(=O)c1ccnnc1)C1CS(=O)(=O)c2ccc(Cl)cc21. The van der Waals surface area contributed by atoms with Crippen LogP contribution in [-0.2, 0) is 9.84 Å². The highest BCUT2D eigenvalue weighted by Crippen LogP contribution is 2.38. The molecule has 1 aromatic heterocycles. The number of fused-ring (bicyclic) bond motifs is 1. The molecule has 0 radical (unpaired) electrons. The van der Waals surface area contributed by atoms with Crippen molar-refractivity contribution in [1.29, 1.82) is 0 Å². The first-order chi connectivity index (χ1) is 10.4. The van der Waals surface area contributed by atoms with E-state index in [4.69, 9.17) is 11.6 Å². The zero-order chi connectivity index (χ0) is 15.9. The molecule has 1 amide bonds. The van der Waals surface area contributed by atoms with Crippen LogP contribution >= 0.6 is 11.6 Å². The van der Waals surface area contributed by atoms with Gasteiger partial charge < -0.3 is 4.90 Å². The smallest absolute Gasteiger partial charge is 0.255 e. The fourth-order valence-electron chi connectivity index (χ4n) is 2.53. The number of hydrogen-bond acceptors (Lipinski definition) is 5. The molecule has 0 saturated carbocycles. The van der Waals surface area contributed by atoms with Crippen LogP contribution in [0.1, 0.15) is 22.0 Å². The van der Waals surface area contributed by atoms with E-state index in [-0.39, 0.29) is 16.6 Å². The van der Waals surface area contributed by atoms with Gasteiger partial charge in [0.25, 0.3) is 5.91 Å². The molecule has 1 aliphatic rings. The van der Waals surface area contributed by atoms with Gasteiger partial charge in [-0.05, 0) is 29.8 Å². The number of carbonyl (C=O) groups is 1. The second-order valence-corrected chi connectivity index (χ2v) is 7.47. The van der Waals surface area contributed by atoms with Crippen molar-refractivity contribution in [3.05, 3.63) is 52.8 Å². The van der Waals surface area contributed by atoms with Crippen molar-refractivity contribution in [2.24, 2.45) is 0 Å². The summed E-state index contributed by atoms with van der Waals surface area (Å²) in [7, 11) is -1.84. The molecule has 3 rings (SSSR count). The van der Waals surface area contributed by atoms with Crippen LogP contribution in [-0.4, -0.2) is 42.2 Å². The highest BCUT2D eigenvalue weighted by Gasteiger charge is 2.38. The standard InChI is InChI=1S/C14H12ClN3O3S/c1-18(14(19)9-4-5-16-17-7-9)12-8-22(20,21)13-3-2-10(15)6-11(12)13/h2-7,12H,8H2,1H3. The van der Waals surface area contributed by atoms with Crippen molar-refractivity contribution in [3.63, 3.8) is 0 Å². The van der Waals surface area contributed by atoms with Crippen molar-refractivity contribution in [2.75, 3.05) is 12.8 Å². The average molecular weight is 338 g/mol. The molecule has 22 heavy (non-hydrogen) atoms. The molecule has 0 bridgehead atoms. The van der Waals surface area contributed by atoms with Gasteiger partial charge in [0.2, 0.25) is 0 Å². The fourth-order valence-corrected chi connectivity index (χ4v) is 4.54. The van der Waals surface area contributed by atoms with E-state index < -0.39 is 15.9 Å². The van der Waals surface area contributed by atoms with Crippen LogP contribution in [0.2, 0.25) is 5.02 Å². The monoisotopic (exact) mass is 337 g/mol. The van der Waals surface area contributed by atoms with E-state index >= 15 is 0 Å². The van der Waals surface area contributed by atoms with Gasteiger partial charge in [-0.25, -0.2) is 8.42 Å². The maximum absolute atomic E-state index is 12.5. The molecule has 0 fully saturated rings. The minimum absolute atomic E-state index is 0.149. The van der Waals surface area contributed by atoms with Gasteiger partial charge in [0.15, 0.2) is 9.84 Å². The van der Waals surface area contributed by atoms with Gasteiger partial charge in [-0.2, -0.15) is 10.2 Å². The first-order valence-electron chi connectivity index (χ1n) is 6.46. The van der Waals surface area contributed by atoms with Gasteiger partial charge in [-0.1, -0.05) is 11.6 Å². The molecule has 1 unspecified atom stereocenters. The number of nitrogens with zero attached hydrogens (tertiary/aromatic N) is 3. The lowest BCUT2D eigenvalue weighted by atomic mass is 10.1. The molecular weight excluding hydrogens is 326 g/mol. The van der Waals surface area contributed by atoms with Crippen molar-refractivity contribution in [3.8, 4) is 0 Å². The summed E-state index contributed by atoms with van der Waals surface area (Å²) >= 11 is 5.97. The van der Waals surface area contributed by atoms with Crippen molar-refractivity contribution in [1.82, 2.24) is 15.1 Å². The van der Waals surface area contributed by atoms with Gasteiger partial charge in [-0.3, -0.25) is 4.79 Å². The van der Waals surface area contributed by atoms with E-state index in [1.165, 1.54) is 35.5 Å². The number of hydrogen-bond donors (Lipinski definition) is 0. The largest absolute Gasteiger partial charge is 0.334 e. The summed E-state index contributed by atoms with van der Waals surface area (Å²) in [5.41, 5.74) is 0.899. The van der Waals surface area contributed by atoms with Crippen molar-refractivity contribution < 1.29 is 13.2 Å². The number of halogens is 1. The Morgan fingerprint density at radius 1 is 1.32 bits per heavy atom.